The summed E-state index contributed by atoms with van der Waals surface area (Å²) in [5.41, 5.74) is 0.794. The van der Waals surface area contributed by atoms with Crippen LogP contribution in [0.3, 0.4) is 0 Å². The summed E-state index contributed by atoms with van der Waals surface area (Å²) in [5.74, 6) is -0.144. The number of carbonyl (C=O) groups is 1. The van der Waals surface area contributed by atoms with Crippen LogP contribution in [0.1, 0.15) is 10.4 Å². The van der Waals surface area contributed by atoms with Gasteiger partial charge in [-0.15, -0.1) is 0 Å². The summed E-state index contributed by atoms with van der Waals surface area (Å²) >= 11 is 3.32. The summed E-state index contributed by atoms with van der Waals surface area (Å²) in [6.45, 7) is -0.0434. The van der Waals surface area contributed by atoms with Crippen LogP contribution in [0.5, 0.6) is 0 Å². The van der Waals surface area contributed by atoms with Gasteiger partial charge in [0.1, 0.15) is 11.7 Å². The first-order valence-corrected chi connectivity index (χ1v) is 7.01. The predicted molar refractivity (Wildman–Crippen MR) is 81.2 cm³/mol. The minimum atomic E-state index is -0.265. The number of hydrogen-bond acceptors (Lipinski definition) is 4. The van der Waals surface area contributed by atoms with E-state index < -0.39 is 0 Å². The van der Waals surface area contributed by atoms with Crippen molar-refractivity contribution in [3.63, 3.8) is 0 Å². The molecule has 0 atom stereocenters. The Morgan fingerprint density at radius 2 is 2.00 bits per heavy atom. The minimum Gasteiger partial charge on any atom is -0.292 e. The van der Waals surface area contributed by atoms with Crippen molar-refractivity contribution in [2.75, 3.05) is 0 Å². The molecule has 6 nitrogen and oxygen atoms in total. The Morgan fingerprint density at radius 3 is 2.71 bits per heavy atom. The third kappa shape index (κ3) is 2.52. The average Bonchev–Trinajstić information content (AvgIpc) is 2.85. The molecule has 1 aromatic carbocycles. The van der Waals surface area contributed by atoms with Gasteiger partial charge in [0.25, 0.3) is 5.56 Å². The number of nitrogens with zero attached hydrogens (tertiary/aromatic N) is 4. The first-order valence-electron chi connectivity index (χ1n) is 6.22. The van der Waals surface area contributed by atoms with Crippen LogP contribution in [0.2, 0.25) is 0 Å². The number of rotatable bonds is 3. The fraction of sp³-hybridized carbons (Fsp3) is 0.143. The van der Waals surface area contributed by atoms with E-state index in [0.717, 1.165) is 4.47 Å². The van der Waals surface area contributed by atoms with Crippen molar-refractivity contribution in [1.82, 2.24) is 19.3 Å². The van der Waals surface area contributed by atoms with E-state index in [4.69, 9.17) is 0 Å². The Hall–Kier alpha value is -2.28. The zero-order valence-electron chi connectivity index (χ0n) is 11.2. The third-order valence-electron chi connectivity index (χ3n) is 3.20. The van der Waals surface area contributed by atoms with Crippen LogP contribution in [-0.4, -0.2) is 25.1 Å². The van der Waals surface area contributed by atoms with Crippen LogP contribution in [0.25, 0.3) is 11.0 Å². The zero-order valence-corrected chi connectivity index (χ0v) is 12.7. The molecule has 3 aromatic rings. The smallest absolute Gasteiger partial charge is 0.264 e. The summed E-state index contributed by atoms with van der Waals surface area (Å²) in [6, 6.07) is 7.01. The van der Waals surface area contributed by atoms with Crippen molar-refractivity contribution in [2.45, 2.75) is 6.54 Å². The highest BCUT2D eigenvalue weighted by molar-refractivity contribution is 9.10. The molecular weight excluding hydrogens is 336 g/mol. The lowest BCUT2D eigenvalue weighted by Crippen LogP contribution is -2.24. The van der Waals surface area contributed by atoms with Crippen molar-refractivity contribution in [1.29, 1.82) is 0 Å². The maximum atomic E-state index is 12.3. The molecule has 106 valence electrons. The van der Waals surface area contributed by atoms with Crippen LogP contribution in [0.15, 0.2) is 46.1 Å². The second-order valence-electron chi connectivity index (χ2n) is 4.61. The lowest BCUT2D eigenvalue weighted by molar-refractivity contribution is 0.0970. The molecular formula is C14H11BrN4O2. The Bertz CT molecular complexity index is 880. The molecule has 0 aliphatic rings. The number of halogens is 1. The Morgan fingerprint density at radius 1 is 1.29 bits per heavy atom. The van der Waals surface area contributed by atoms with Gasteiger partial charge in [0, 0.05) is 17.1 Å². The molecule has 0 amide bonds. The van der Waals surface area contributed by atoms with Gasteiger partial charge in [0.15, 0.2) is 11.4 Å². The minimum absolute atomic E-state index is 0.0434. The molecule has 3 rings (SSSR count). The number of aromatic nitrogens is 4. The zero-order chi connectivity index (χ0) is 15.0. The standard InChI is InChI=1S/C14H11BrN4O2/c1-18-13-11(6-17-18)14(21)19(8-16-13)7-12(20)9-2-4-10(15)5-3-9/h2-6,8H,7H2,1H3. The van der Waals surface area contributed by atoms with Crippen molar-refractivity contribution in [3.05, 3.63) is 57.2 Å². The maximum absolute atomic E-state index is 12.3. The SMILES string of the molecule is Cn1ncc2c(=O)n(CC(=O)c3ccc(Br)cc3)cnc21. The van der Waals surface area contributed by atoms with Crippen molar-refractivity contribution < 1.29 is 4.79 Å². The molecule has 0 unspecified atom stereocenters. The number of Topliss-reactive ketones (excluding diaryl/α,β-unsaturated/α-hetero) is 1. The molecule has 0 saturated heterocycles. The highest BCUT2D eigenvalue weighted by Crippen LogP contribution is 2.11. The molecule has 0 fully saturated rings. The van der Waals surface area contributed by atoms with Crippen molar-refractivity contribution in [2.24, 2.45) is 7.05 Å². The van der Waals surface area contributed by atoms with Gasteiger partial charge in [-0.2, -0.15) is 5.10 Å². The monoisotopic (exact) mass is 346 g/mol. The van der Waals surface area contributed by atoms with Crippen molar-refractivity contribution >= 4 is 32.7 Å². The van der Waals surface area contributed by atoms with Crippen LogP contribution in [0.4, 0.5) is 0 Å². The summed E-state index contributed by atoms with van der Waals surface area (Å²) in [7, 11) is 1.71. The number of carbonyl (C=O) groups excluding carboxylic acids is 1. The predicted octanol–water partition coefficient (Wildman–Crippen LogP) is 1.78. The third-order valence-corrected chi connectivity index (χ3v) is 3.73. The molecule has 0 N–H and O–H groups in total. The van der Waals surface area contributed by atoms with Crippen LogP contribution in [-0.2, 0) is 13.6 Å². The molecule has 0 radical (unpaired) electrons. The van der Waals surface area contributed by atoms with Gasteiger partial charge >= 0.3 is 0 Å². The van der Waals surface area contributed by atoms with Crippen molar-refractivity contribution in [3.8, 4) is 0 Å². The first-order chi connectivity index (χ1) is 10.1. The molecule has 2 aromatic heterocycles. The van der Waals surface area contributed by atoms with Crippen LogP contribution >= 0.6 is 15.9 Å². The molecule has 2 heterocycles. The van der Waals surface area contributed by atoms with E-state index in [1.54, 1.807) is 31.3 Å². The topological polar surface area (TPSA) is 69.8 Å². The number of aryl methyl sites for hydroxylation is 1. The number of ketones is 1. The van der Waals surface area contributed by atoms with Crippen LogP contribution < -0.4 is 5.56 Å². The second-order valence-corrected chi connectivity index (χ2v) is 5.53. The van der Waals surface area contributed by atoms with Gasteiger partial charge in [0.2, 0.25) is 0 Å². The van der Waals surface area contributed by atoms with Gasteiger partial charge in [0.05, 0.1) is 12.7 Å². The van der Waals surface area contributed by atoms with E-state index in [-0.39, 0.29) is 17.9 Å². The highest BCUT2D eigenvalue weighted by atomic mass is 79.9. The van der Waals surface area contributed by atoms with E-state index in [2.05, 4.69) is 26.0 Å². The second kappa shape index (κ2) is 5.25. The molecule has 7 heteroatoms. The van der Waals surface area contributed by atoms with E-state index >= 15 is 0 Å². The van der Waals surface area contributed by atoms with Gasteiger partial charge in [-0.1, -0.05) is 28.1 Å². The van der Waals surface area contributed by atoms with Crippen LogP contribution in [0, 0.1) is 0 Å². The molecule has 0 spiro atoms. The van der Waals surface area contributed by atoms with Gasteiger partial charge in [-0.25, -0.2) is 4.98 Å². The van der Waals surface area contributed by atoms with E-state index in [1.165, 1.54) is 21.8 Å². The van der Waals surface area contributed by atoms with Gasteiger partial charge < -0.3 is 0 Å². The molecule has 0 saturated carbocycles. The summed E-state index contributed by atoms with van der Waals surface area (Å²) in [5, 5.41) is 4.40. The Labute approximate surface area is 128 Å². The van der Waals surface area contributed by atoms with Gasteiger partial charge in [-0.3, -0.25) is 18.8 Å². The van der Waals surface area contributed by atoms with Gasteiger partial charge in [-0.05, 0) is 12.1 Å². The maximum Gasteiger partial charge on any atom is 0.264 e. The lowest BCUT2D eigenvalue weighted by atomic mass is 10.1. The largest absolute Gasteiger partial charge is 0.292 e. The Kier molecular flexibility index (Phi) is 3.42. The normalized spacial score (nSPS) is 11.0. The first kappa shape index (κ1) is 13.7. The molecule has 0 bridgehead atoms. The number of fused-ring (bicyclic) bond motifs is 1. The average molecular weight is 347 g/mol. The fourth-order valence-corrected chi connectivity index (χ4v) is 2.33. The number of hydrogen-bond donors (Lipinski definition) is 0. The molecule has 0 aliphatic carbocycles. The summed E-state index contributed by atoms with van der Waals surface area (Å²) in [6.07, 6.45) is 2.84. The molecule has 0 aliphatic heterocycles. The highest BCUT2D eigenvalue weighted by Gasteiger charge is 2.12. The molecule has 21 heavy (non-hydrogen) atoms. The summed E-state index contributed by atoms with van der Waals surface area (Å²) < 4.78 is 3.72. The fourth-order valence-electron chi connectivity index (χ4n) is 2.06. The Balaban J connectivity index is 1.94. The number of benzene rings is 1. The quantitative estimate of drug-likeness (QED) is 0.677. The van der Waals surface area contributed by atoms with E-state index in [1.807, 2.05) is 0 Å². The lowest BCUT2D eigenvalue weighted by Gasteiger charge is -2.05. The van der Waals surface area contributed by atoms with E-state index in [9.17, 15) is 9.59 Å². The van der Waals surface area contributed by atoms with E-state index in [0.29, 0.717) is 16.6 Å². The summed E-state index contributed by atoms with van der Waals surface area (Å²) in [4.78, 5) is 28.6.